The Bertz CT molecular complexity index is 632. The van der Waals surface area contributed by atoms with Gasteiger partial charge in [0.1, 0.15) is 11.5 Å². The molecule has 2 rings (SSSR count). The molecule has 0 aliphatic carbocycles. The van der Waals surface area contributed by atoms with Gasteiger partial charge in [0.2, 0.25) is 0 Å². The normalized spacial score (nSPS) is 10.4. The molecule has 0 aliphatic heterocycles. The van der Waals surface area contributed by atoms with Gasteiger partial charge in [-0.25, -0.2) is 9.18 Å². The van der Waals surface area contributed by atoms with E-state index in [4.69, 9.17) is 4.74 Å². The van der Waals surface area contributed by atoms with Crippen LogP contribution in [0.5, 0.6) is 0 Å². The molecule has 0 aliphatic rings. The van der Waals surface area contributed by atoms with Gasteiger partial charge in [0.05, 0.1) is 6.61 Å². The Labute approximate surface area is 113 Å². The van der Waals surface area contributed by atoms with Crippen LogP contribution in [-0.4, -0.2) is 45.2 Å². The highest BCUT2D eigenvalue weighted by atomic mass is 19.1. The highest BCUT2D eigenvalue weighted by molar-refractivity contribution is 6.60. The van der Waals surface area contributed by atoms with Crippen LogP contribution < -0.4 is 5.46 Å². The van der Waals surface area contributed by atoms with E-state index < -0.39 is 18.9 Å². The van der Waals surface area contributed by atoms with Crippen LogP contribution in [0.15, 0.2) is 18.2 Å². The first-order chi connectivity index (χ1) is 9.54. The molecule has 0 amide bonds. The quantitative estimate of drug-likeness (QED) is 0.512. The first-order valence-corrected chi connectivity index (χ1v) is 5.78. The summed E-state index contributed by atoms with van der Waals surface area (Å²) >= 11 is 0. The van der Waals surface area contributed by atoms with Crippen molar-refractivity contribution in [2.75, 3.05) is 6.61 Å². The predicted octanol–water partition coefficient (Wildman–Crippen LogP) is -0.533. The fraction of sp³-hybridized carbons (Fsp3) is 0.182. The highest BCUT2D eigenvalue weighted by Gasteiger charge is 2.25. The Balaban J connectivity index is 2.55. The number of nitrogens with one attached hydrogen (secondary N) is 1. The number of aromatic amines is 1. The van der Waals surface area contributed by atoms with Crippen molar-refractivity contribution in [3.05, 3.63) is 29.7 Å². The molecule has 0 atom stereocenters. The summed E-state index contributed by atoms with van der Waals surface area (Å²) in [5.74, 6) is -1.35. The number of benzene rings is 1. The lowest BCUT2D eigenvalue weighted by Crippen LogP contribution is -2.32. The summed E-state index contributed by atoms with van der Waals surface area (Å²) < 4.78 is 18.1. The standard InChI is InChI=1S/C11H11BFN3O4/c1-2-20-11(17)10-9(14-16-15-10)7-5-6(13)3-4-8(7)12(18)19/h3-5,18-19H,2H2,1H3,(H,14,15,16). The number of ether oxygens (including phenoxy) is 1. The van der Waals surface area contributed by atoms with Crippen LogP contribution in [0.3, 0.4) is 0 Å². The van der Waals surface area contributed by atoms with Crippen molar-refractivity contribution in [1.82, 2.24) is 15.4 Å². The molecule has 1 aromatic heterocycles. The van der Waals surface area contributed by atoms with E-state index in [-0.39, 0.29) is 29.0 Å². The number of carbonyl (C=O) groups excluding carboxylic acids is 1. The summed E-state index contributed by atoms with van der Waals surface area (Å²) in [6.07, 6.45) is 0. The minimum atomic E-state index is -1.84. The Morgan fingerprint density at radius 1 is 1.45 bits per heavy atom. The van der Waals surface area contributed by atoms with Gasteiger partial charge in [0.15, 0.2) is 5.69 Å². The van der Waals surface area contributed by atoms with E-state index in [2.05, 4.69) is 15.4 Å². The number of hydrogen-bond donors (Lipinski definition) is 3. The Morgan fingerprint density at radius 3 is 2.85 bits per heavy atom. The average molecular weight is 279 g/mol. The van der Waals surface area contributed by atoms with Crippen LogP contribution in [0.25, 0.3) is 11.3 Å². The lowest BCUT2D eigenvalue weighted by atomic mass is 9.76. The molecule has 0 saturated carbocycles. The second kappa shape index (κ2) is 5.80. The molecule has 0 fully saturated rings. The zero-order valence-corrected chi connectivity index (χ0v) is 10.5. The van der Waals surface area contributed by atoms with E-state index in [0.29, 0.717) is 0 Å². The molecule has 20 heavy (non-hydrogen) atoms. The monoisotopic (exact) mass is 279 g/mol. The zero-order chi connectivity index (χ0) is 14.7. The van der Waals surface area contributed by atoms with E-state index in [1.54, 1.807) is 6.92 Å². The molecule has 2 aromatic rings. The number of esters is 1. The first kappa shape index (κ1) is 14.2. The summed E-state index contributed by atoms with van der Waals surface area (Å²) in [5, 5.41) is 28.2. The van der Waals surface area contributed by atoms with Gasteiger partial charge in [-0.15, -0.1) is 5.10 Å². The van der Waals surface area contributed by atoms with Gasteiger partial charge in [0, 0.05) is 5.56 Å². The summed E-state index contributed by atoms with van der Waals surface area (Å²) in [6.45, 7) is 1.77. The molecule has 104 valence electrons. The van der Waals surface area contributed by atoms with Crippen molar-refractivity contribution >= 4 is 18.6 Å². The first-order valence-electron chi connectivity index (χ1n) is 5.78. The Hall–Kier alpha value is -2.26. The number of hydrogen-bond acceptors (Lipinski definition) is 6. The third-order valence-electron chi connectivity index (χ3n) is 2.57. The van der Waals surface area contributed by atoms with Gasteiger partial charge < -0.3 is 14.8 Å². The van der Waals surface area contributed by atoms with E-state index in [1.807, 2.05) is 0 Å². The number of halogens is 1. The molecule has 0 unspecified atom stereocenters. The van der Waals surface area contributed by atoms with E-state index in [1.165, 1.54) is 6.07 Å². The highest BCUT2D eigenvalue weighted by Crippen LogP contribution is 2.20. The summed E-state index contributed by atoms with van der Waals surface area (Å²) in [5.41, 5.74) is -0.104. The molecular formula is C11H11BFN3O4. The van der Waals surface area contributed by atoms with Crippen molar-refractivity contribution in [2.24, 2.45) is 0 Å². The van der Waals surface area contributed by atoms with Crippen LogP contribution in [-0.2, 0) is 4.74 Å². The number of rotatable bonds is 4. The fourth-order valence-electron chi connectivity index (χ4n) is 1.72. The smallest absolute Gasteiger partial charge is 0.461 e. The van der Waals surface area contributed by atoms with Crippen molar-refractivity contribution in [3.63, 3.8) is 0 Å². The van der Waals surface area contributed by atoms with Crippen molar-refractivity contribution < 1.29 is 24.0 Å². The number of H-pyrrole nitrogens is 1. The Kier molecular flexibility index (Phi) is 4.11. The molecule has 0 bridgehead atoms. The second-order valence-corrected chi connectivity index (χ2v) is 3.85. The van der Waals surface area contributed by atoms with Crippen LogP contribution in [0.1, 0.15) is 17.4 Å². The van der Waals surface area contributed by atoms with Gasteiger partial charge in [-0.3, -0.25) is 0 Å². The molecule has 0 spiro atoms. The van der Waals surface area contributed by atoms with Crippen LogP contribution in [0, 0.1) is 5.82 Å². The lowest BCUT2D eigenvalue weighted by molar-refractivity contribution is 0.0520. The average Bonchev–Trinajstić information content (AvgIpc) is 2.87. The molecule has 3 N–H and O–H groups in total. The van der Waals surface area contributed by atoms with Crippen molar-refractivity contribution in [2.45, 2.75) is 6.92 Å². The third kappa shape index (κ3) is 2.68. The zero-order valence-electron chi connectivity index (χ0n) is 10.5. The summed E-state index contributed by atoms with van der Waals surface area (Å²) in [4.78, 5) is 11.7. The molecule has 9 heteroatoms. The summed E-state index contributed by atoms with van der Waals surface area (Å²) in [6, 6.07) is 3.30. The number of nitrogens with zero attached hydrogens (tertiary/aromatic N) is 2. The molecule has 7 nitrogen and oxygen atoms in total. The molecule has 0 saturated heterocycles. The van der Waals surface area contributed by atoms with Gasteiger partial charge in [-0.05, 0) is 24.5 Å². The van der Waals surface area contributed by atoms with Crippen molar-refractivity contribution in [3.8, 4) is 11.3 Å². The maximum absolute atomic E-state index is 13.3. The largest absolute Gasteiger partial charge is 0.489 e. The second-order valence-electron chi connectivity index (χ2n) is 3.85. The molecule has 0 radical (unpaired) electrons. The van der Waals surface area contributed by atoms with E-state index >= 15 is 0 Å². The van der Waals surface area contributed by atoms with Crippen LogP contribution >= 0.6 is 0 Å². The van der Waals surface area contributed by atoms with Gasteiger partial charge in [-0.1, -0.05) is 6.07 Å². The molecule has 1 heterocycles. The fourth-order valence-corrected chi connectivity index (χ4v) is 1.72. The SMILES string of the molecule is CCOC(=O)c1n[nH]nc1-c1cc(F)ccc1B(O)O. The topological polar surface area (TPSA) is 108 Å². The summed E-state index contributed by atoms with van der Waals surface area (Å²) in [7, 11) is -1.84. The van der Waals surface area contributed by atoms with Crippen LogP contribution in [0.2, 0.25) is 0 Å². The van der Waals surface area contributed by atoms with E-state index in [0.717, 1.165) is 12.1 Å². The Morgan fingerprint density at radius 2 is 2.20 bits per heavy atom. The van der Waals surface area contributed by atoms with E-state index in [9.17, 15) is 19.2 Å². The van der Waals surface area contributed by atoms with Gasteiger partial charge in [-0.2, -0.15) is 10.3 Å². The van der Waals surface area contributed by atoms with Crippen LogP contribution in [0.4, 0.5) is 4.39 Å². The lowest BCUT2D eigenvalue weighted by Gasteiger charge is -2.07. The predicted molar refractivity (Wildman–Crippen MR) is 67.6 cm³/mol. The van der Waals surface area contributed by atoms with Gasteiger partial charge in [0.25, 0.3) is 0 Å². The molecular weight excluding hydrogens is 268 g/mol. The number of aromatic nitrogens is 3. The van der Waals surface area contributed by atoms with Gasteiger partial charge >= 0.3 is 13.1 Å². The molecule has 1 aromatic carbocycles. The maximum Gasteiger partial charge on any atom is 0.489 e. The number of carbonyl (C=O) groups is 1. The minimum absolute atomic E-state index is 0.00542. The minimum Gasteiger partial charge on any atom is -0.461 e. The third-order valence-corrected chi connectivity index (χ3v) is 2.57. The van der Waals surface area contributed by atoms with Crippen molar-refractivity contribution in [1.29, 1.82) is 0 Å². The maximum atomic E-state index is 13.3.